The van der Waals surface area contributed by atoms with Crippen molar-refractivity contribution in [3.05, 3.63) is 0 Å². The number of nitrogens with one attached hydrogen (secondary N) is 1. The topological polar surface area (TPSA) is 100 Å². The molecule has 1 saturated carbocycles. The Kier molecular flexibility index (Phi) is 7.41. The molecule has 140 valence electrons. The molecule has 1 aliphatic carbocycles. The van der Waals surface area contributed by atoms with Crippen molar-refractivity contribution in [3.8, 4) is 0 Å². The van der Waals surface area contributed by atoms with E-state index in [1.54, 1.807) is 34.6 Å². The van der Waals surface area contributed by atoms with Crippen LogP contribution >= 0.6 is 7.60 Å². The van der Waals surface area contributed by atoms with Crippen LogP contribution in [0, 0.1) is 0 Å². The third kappa shape index (κ3) is 5.02. The maximum atomic E-state index is 13.2. The standard InChI is InChI=1S/C15H28NO7P/c1-6-20-24(19,21-7-2)15(11-9-8-10-12(15)17)23-16-13(18)22-14(3,4)5/h6-11H2,1-5H3,(H,16,18)/t15-/m1/s1. The molecule has 9 heteroatoms. The number of Topliss-reactive ketones (excluding diaryl/α,β-unsaturated/α-hetero) is 1. The minimum atomic E-state index is -3.93. The Bertz CT molecular complexity index is 493. The van der Waals surface area contributed by atoms with E-state index < -0.39 is 30.4 Å². The molecule has 1 atom stereocenters. The van der Waals surface area contributed by atoms with E-state index in [4.69, 9.17) is 18.6 Å². The third-order valence-corrected chi connectivity index (χ3v) is 5.99. The highest BCUT2D eigenvalue weighted by molar-refractivity contribution is 7.56. The number of carbonyl (C=O) groups is 2. The first kappa shape index (κ1) is 21.1. The molecule has 0 spiro atoms. The van der Waals surface area contributed by atoms with E-state index in [9.17, 15) is 14.2 Å². The molecule has 1 N–H and O–H groups in total. The average Bonchev–Trinajstić information content (AvgIpc) is 2.45. The van der Waals surface area contributed by atoms with E-state index in [1.165, 1.54) is 0 Å². The lowest BCUT2D eigenvalue weighted by atomic mass is 9.96. The second-order valence-electron chi connectivity index (χ2n) is 6.45. The highest BCUT2D eigenvalue weighted by atomic mass is 31.2. The molecule has 0 heterocycles. The van der Waals surface area contributed by atoms with Crippen molar-refractivity contribution in [1.82, 2.24) is 5.48 Å². The number of ether oxygens (including phenoxy) is 1. The van der Waals surface area contributed by atoms with Gasteiger partial charge in [0.05, 0.1) is 13.2 Å². The summed E-state index contributed by atoms with van der Waals surface area (Å²) in [7, 11) is -3.93. The fourth-order valence-corrected chi connectivity index (χ4v) is 4.63. The molecule has 0 bridgehead atoms. The van der Waals surface area contributed by atoms with Crippen LogP contribution in [-0.2, 0) is 28.0 Å². The molecule has 0 aromatic rings. The maximum Gasteiger partial charge on any atom is 0.431 e. The average molecular weight is 365 g/mol. The lowest BCUT2D eigenvalue weighted by Crippen LogP contribution is -2.50. The molecular formula is C15H28NO7P. The quantitative estimate of drug-likeness (QED) is 0.544. The predicted molar refractivity (Wildman–Crippen MR) is 87.5 cm³/mol. The van der Waals surface area contributed by atoms with Gasteiger partial charge in [0.25, 0.3) is 5.34 Å². The SMILES string of the molecule is CCOP(=O)(OCC)[C@]1(ONC(=O)OC(C)(C)C)CCCCC1=O. The van der Waals surface area contributed by atoms with Crippen molar-refractivity contribution in [3.63, 3.8) is 0 Å². The Hall–Kier alpha value is -0.950. The highest BCUT2D eigenvalue weighted by Gasteiger charge is 2.59. The number of hydrogen-bond acceptors (Lipinski definition) is 7. The Labute approximate surface area is 143 Å². The van der Waals surface area contributed by atoms with Gasteiger partial charge in [-0.15, -0.1) is 0 Å². The second kappa shape index (κ2) is 8.43. The lowest BCUT2D eigenvalue weighted by molar-refractivity contribution is -0.148. The van der Waals surface area contributed by atoms with Crippen molar-refractivity contribution >= 4 is 19.5 Å². The molecule has 1 fully saturated rings. The molecule has 1 amide bonds. The van der Waals surface area contributed by atoms with E-state index >= 15 is 0 Å². The minimum Gasteiger partial charge on any atom is -0.442 e. The number of hydrogen-bond donors (Lipinski definition) is 1. The van der Waals surface area contributed by atoms with Gasteiger partial charge in [0, 0.05) is 6.42 Å². The van der Waals surface area contributed by atoms with Crippen LogP contribution in [0.15, 0.2) is 0 Å². The van der Waals surface area contributed by atoms with Gasteiger partial charge >= 0.3 is 13.7 Å². The van der Waals surface area contributed by atoms with Crippen LogP contribution in [0.5, 0.6) is 0 Å². The zero-order valence-corrected chi connectivity index (χ0v) is 15.9. The van der Waals surface area contributed by atoms with Crippen LogP contribution in [0.3, 0.4) is 0 Å². The van der Waals surface area contributed by atoms with Crippen LogP contribution < -0.4 is 5.48 Å². The van der Waals surface area contributed by atoms with Crippen LogP contribution in [0.1, 0.15) is 60.3 Å². The summed E-state index contributed by atoms with van der Waals surface area (Å²) in [4.78, 5) is 29.8. The van der Waals surface area contributed by atoms with Crippen molar-refractivity contribution in [2.24, 2.45) is 0 Å². The molecule has 0 aromatic heterocycles. The molecule has 1 rings (SSSR count). The van der Waals surface area contributed by atoms with E-state index in [2.05, 4.69) is 5.48 Å². The molecule has 1 aliphatic rings. The van der Waals surface area contributed by atoms with Gasteiger partial charge in [0.2, 0.25) is 0 Å². The summed E-state index contributed by atoms with van der Waals surface area (Å²) in [6, 6.07) is 0. The van der Waals surface area contributed by atoms with Crippen LogP contribution in [0.25, 0.3) is 0 Å². The molecule has 0 radical (unpaired) electrons. The monoisotopic (exact) mass is 365 g/mol. The second-order valence-corrected chi connectivity index (χ2v) is 8.69. The first-order valence-corrected chi connectivity index (χ1v) is 9.74. The van der Waals surface area contributed by atoms with Crippen molar-refractivity contribution < 1.29 is 32.8 Å². The number of amides is 1. The minimum absolute atomic E-state index is 0.0854. The van der Waals surface area contributed by atoms with Gasteiger partial charge < -0.3 is 13.8 Å². The van der Waals surface area contributed by atoms with Crippen LogP contribution in [0.2, 0.25) is 0 Å². The molecule has 0 unspecified atom stereocenters. The zero-order valence-electron chi connectivity index (χ0n) is 15.0. The van der Waals surface area contributed by atoms with Crippen molar-refractivity contribution in [2.45, 2.75) is 71.2 Å². The summed E-state index contributed by atoms with van der Waals surface area (Å²) < 4.78 is 28.9. The zero-order chi connectivity index (χ0) is 18.4. The Morgan fingerprint density at radius 2 is 1.79 bits per heavy atom. The normalized spacial score (nSPS) is 22.3. The fourth-order valence-electron chi connectivity index (χ4n) is 2.45. The Balaban J connectivity index is 3.05. The molecule has 0 saturated heterocycles. The Morgan fingerprint density at radius 3 is 2.25 bits per heavy atom. The van der Waals surface area contributed by atoms with Crippen LogP contribution in [0.4, 0.5) is 4.79 Å². The summed E-state index contributed by atoms with van der Waals surface area (Å²) >= 11 is 0. The van der Waals surface area contributed by atoms with E-state index in [1.807, 2.05) is 0 Å². The number of ketones is 1. The van der Waals surface area contributed by atoms with Crippen molar-refractivity contribution in [2.75, 3.05) is 13.2 Å². The van der Waals surface area contributed by atoms with E-state index in [0.717, 1.165) is 0 Å². The summed E-state index contributed by atoms with van der Waals surface area (Å²) in [6.07, 6.45) is 0.708. The van der Waals surface area contributed by atoms with Crippen LogP contribution in [-0.4, -0.2) is 36.0 Å². The van der Waals surface area contributed by atoms with Gasteiger partial charge in [-0.3, -0.25) is 9.36 Å². The number of hydroxylamine groups is 1. The third-order valence-electron chi connectivity index (χ3n) is 3.35. The number of rotatable bonds is 7. The first-order valence-electron chi connectivity index (χ1n) is 8.19. The maximum absolute atomic E-state index is 13.2. The molecule has 24 heavy (non-hydrogen) atoms. The lowest BCUT2D eigenvalue weighted by Gasteiger charge is -2.38. The van der Waals surface area contributed by atoms with E-state index in [-0.39, 0.29) is 26.1 Å². The highest BCUT2D eigenvalue weighted by Crippen LogP contribution is 2.64. The van der Waals surface area contributed by atoms with Gasteiger partial charge in [0.1, 0.15) is 5.60 Å². The summed E-state index contributed by atoms with van der Waals surface area (Å²) in [5.41, 5.74) is 1.35. The van der Waals surface area contributed by atoms with Crippen molar-refractivity contribution in [1.29, 1.82) is 0 Å². The molecule has 0 aliphatic heterocycles. The predicted octanol–water partition coefficient (Wildman–Crippen LogP) is 3.55. The van der Waals surface area contributed by atoms with Gasteiger partial charge in [-0.1, -0.05) is 0 Å². The first-order chi connectivity index (χ1) is 11.1. The summed E-state index contributed by atoms with van der Waals surface area (Å²) in [6.45, 7) is 8.55. The molecule has 0 aromatic carbocycles. The largest absolute Gasteiger partial charge is 0.442 e. The Morgan fingerprint density at radius 1 is 1.21 bits per heavy atom. The van der Waals surface area contributed by atoms with Gasteiger partial charge in [-0.2, -0.15) is 5.48 Å². The smallest absolute Gasteiger partial charge is 0.431 e. The summed E-state index contributed by atoms with van der Waals surface area (Å²) in [5.74, 6) is -0.407. The fraction of sp³-hybridized carbons (Fsp3) is 0.867. The molecular weight excluding hydrogens is 337 g/mol. The molecule has 8 nitrogen and oxygen atoms in total. The van der Waals surface area contributed by atoms with Gasteiger partial charge in [-0.25, -0.2) is 9.63 Å². The van der Waals surface area contributed by atoms with Gasteiger partial charge in [0.15, 0.2) is 5.78 Å². The summed E-state index contributed by atoms with van der Waals surface area (Å²) in [5, 5.41) is -1.84. The van der Waals surface area contributed by atoms with Gasteiger partial charge in [-0.05, 0) is 53.9 Å². The van der Waals surface area contributed by atoms with E-state index in [0.29, 0.717) is 12.8 Å². The number of carbonyl (C=O) groups excluding carboxylic acids is 2.